The molecule has 2 atom stereocenters. The van der Waals surface area contributed by atoms with Gasteiger partial charge in [-0.1, -0.05) is 30.3 Å². The minimum atomic E-state index is -0.101. The summed E-state index contributed by atoms with van der Waals surface area (Å²) in [5.74, 6) is -0.169. The highest BCUT2D eigenvalue weighted by Gasteiger charge is 2.30. The van der Waals surface area contributed by atoms with E-state index in [4.69, 9.17) is 9.47 Å². The SMILES string of the molecule is O=C(OCc1ccccc1)C1CCc2c(cnn2C2CCCCO2)C1. The predicted molar refractivity (Wildman–Crippen MR) is 92.8 cm³/mol. The second-order valence-corrected chi connectivity index (χ2v) is 6.92. The molecule has 0 amide bonds. The number of ether oxygens (including phenoxy) is 2. The third-order valence-electron chi connectivity index (χ3n) is 5.17. The molecular formula is C20H24N2O3. The Balaban J connectivity index is 1.38. The van der Waals surface area contributed by atoms with Gasteiger partial charge in [-0.15, -0.1) is 0 Å². The molecule has 5 heteroatoms. The van der Waals surface area contributed by atoms with Gasteiger partial charge < -0.3 is 9.47 Å². The molecule has 0 radical (unpaired) electrons. The van der Waals surface area contributed by atoms with E-state index in [1.165, 1.54) is 17.7 Å². The Morgan fingerprint density at radius 1 is 1.24 bits per heavy atom. The first-order valence-electron chi connectivity index (χ1n) is 9.18. The summed E-state index contributed by atoms with van der Waals surface area (Å²) < 4.78 is 13.4. The maximum Gasteiger partial charge on any atom is 0.309 e. The molecule has 2 heterocycles. The topological polar surface area (TPSA) is 53.3 Å². The number of nitrogens with zero attached hydrogens (tertiary/aromatic N) is 2. The lowest BCUT2D eigenvalue weighted by Crippen LogP contribution is -2.27. The quantitative estimate of drug-likeness (QED) is 0.800. The molecule has 0 spiro atoms. The Labute approximate surface area is 147 Å². The number of esters is 1. The summed E-state index contributed by atoms with van der Waals surface area (Å²) in [7, 11) is 0. The van der Waals surface area contributed by atoms with Gasteiger partial charge in [0.05, 0.1) is 12.1 Å². The summed E-state index contributed by atoms with van der Waals surface area (Å²) in [6.45, 7) is 1.16. The number of fused-ring (bicyclic) bond motifs is 1. The Hall–Kier alpha value is -2.14. The van der Waals surface area contributed by atoms with E-state index in [0.29, 0.717) is 6.61 Å². The Morgan fingerprint density at radius 3 is 2.92 bits per heavy atom. The molecule has 1 aromatic carbocycles. The summed E-state index contributed by atoms with van der Waals surface area (Å²) in [6, 6.07) is 9.82. The number of hydrogen-bond donors (Lipinski definition) is 0. The molecule has 2 aromatic rings. The highest BCUT2D eigenvalue weighted by atomic mass is 16.5. The fourth-order valence-electron chi connectivity index (χ4n) is 3.76. The van der Waals surface area contributed by atoms with Crippen LogP contribution in [0.3, 0.4) is 0 Å². The molecule has 2 unspecified atom stereocenters. The molecule has 132 valence electrons. The lowest BCUT2D eigenvalue weighted by Gasteiger charge is -2.27. The van der Waals surface area contributed by atoms with Crippen LogP contribution in [0, 0.1) is 5.92 Å². The first-order chi connectivity index (χ1) is 12.3. The van der Waals surface area contributed by atoms with Crippen molar-refractivity contribution in [2.24, 2.45) is 5.92 Å². The monoisotopic (exact) mass is 340 g/mol. The summed E-state index contributed by atoms with van der Waals surface area (Å²) in [5, 5.41) is 4.55. The van der Waals surface area contributed by atoms with Crippen molar-refractivity contribution in [3.63, 3.8) is 0 Å². The largest absolute Gasteiger partial charge is 0.461 e. The standard InChI is InChI=1S/C20H24N2O3/c23-20(25-14-15-6-2-1-3-7-15)16-9-10-18-17(12-16)13-21-22(18)19-8-4-5-11-24-19/h1-3,6-7,13,16,19H,4-5,8-12,14H2. The van der Waals surface area contributed by atoms with E-state index in [0.717, 1.165) is 44.3 Å². The molecule has 25 heavy (non-hydrogen) atoms. The highest BCUT2D eigenvalue weighted by molar-refractivity contribution is 5.73. The van der Waals surface area contributed by atoms with Crippen LogP contribution < -0.4 is 0 Å². The zero-order valence-corrected chi connectivity index (χ0v) is 14.4. The molecule has 1 aromatic heterocycles. The van der Waals surface area contributed by atoms with Crippen molar-refractivity contribution in [1.29, 1.82) is 0 Å². The van der Waals surface area contributed by atoms with Crippen molar-refractivity contribution in [1.82, 2.24) is 9.78 Å². The molecule has 0 bridgehead atoms. The molecule has 1 saturated heterocycles. The van der Waals surface area contributed by atoms with Crippen LogP contribution in [0.25, 0.3) is 0 Å². The fraction of sp³-hybridized carbons (Fsp3) is 0.500. The fourth-order valence-corrected chi connectivity index (χ4v) is 3.76. The Kier molecular flexibility index (Phi) is 4.83. The normalized spacial score (nSPS) is 23.0. The van der Waals surface area contributed by atoms with Crippen LogP contribution >= 0.6 is 0 Å². The summed E-state index contributed by atoms with van der Waals surface area (Å²) in [6.07, 6.45) is 7.72. The molecule has 1 aliphatic heterocycles. The van der Waals surface area contributed by atoms with E-state index in [1.54, 1.807) is 0 Å². The Morgan fingerprint density at radius 2 is 2.12 bits per heavy atom. The minimum Gasteiger partial charge on any atom is -0.461 e. The third-order valence-corrected chi connectivity index (χ3v) is 5.17. The van der Waals surface area contributed by atoms with Crippen LogP contribution in [-0.4, -0.2) is 22.4 Å². The third kappa shape index (κ3) is 3.61. The molecule has 5 nitrogen and oxygen atoms in total. The number of rotatable bonds is 4. The van der Waals surface area contributed by atoms with E-state index in [-0.39, 0.29) is 18.1 Å². The van der Waals surface area contributed by atoms with Crippen LogP contribution in [0.4, 0.5) is 0 Å². The van der Waals surface area contributed by atoms with E-state index < -0.39 is 0 Å². The summed E-state index contributed by atoms with van der Waals surface area (Å²) >= 11 is 0. The smallest absolute Gasteiger partial charge is 0.309 e. The second kappa shape index (κ2) is 7.40. The van der Waals surface area contributed by atoms with Gasteiger partial charge in [-0.25, -0.2) is 4.68 Å². The van der Waals surface area contributed by atoms with E-state index in [9.17, 15) is 4.79 Å². The molecule has 4 rings (SSSR count). The minimum absolute atomic E-state index is 0.0684. The van der Waals surface area contributed by atoms with Crippen molar-refractivity contribution >= 4 is 5.97 Å². The predicted octanol–water partition coefficient (Wildman–Crippen LogP) is 3.43. The van der Waals surface area contributed by atoms with E-state index >= 15 is 0 Å². The zero-order valence-electron chi connectivity index (χ0n) is 14.4. The van der Waals surface area contributed by atoms with Gasteiger partial charge in [0.2, 0.25) is 0 Å². The molecule has 1 aliphatic carbocycles. The number of carbonyl (C=O) groups is 1. The zero-order chi connectivity index (χ0) is 17.1. The average Bonchev–Trinajstić information content (AvgIpc) is 3.11. The number of aromatic nitrogens is 2. The van der Waals surface area contributed by atoms with E-state index in [2.05, 4.69) is 5.10 Å². The van der Waals surface area contributed by atoms with Gasteiger partial charge >= 0.3 is 5.97 Å². The van der Waals surface area contributed by atoms with Crippen molar-refractivity contribution in [3.8, 4) is 0 Å². The van der Waals surface area contributed by atoms with Crippen molar-refractivity contribution in [2.75, 3.05) is 6.61 Å². The Bertz CT molecular complexity index is 720. The van der Waals surface area contributed by atoms with Crippen LogP contribution in [0.15, 0.2) is 36.5 Å². The van der Waals surface area contributed by atoms with Crippen LogP contribution in [0.2, 0.25) is 0 Å². The van der Waals surface area contributed by atoms with Gasteiger partial charge in [-0.05, 0) is 49.7 Å². The maximum absolute atomic E-state index is 12.4. The number of benzene rings is 1. The van der Waals surface area contributed by atoms with Gasteiger partial charge in [0.15, 0.2) is 0 Å². The highest BCUT2D eigenvalue weighted by Crippen LogP contribution is 2.31. The van der Waals surface area contributed by atoms with Gasteiger partial charge in [0, 0.05) is 12.3 Å². The molecular weight excluding hydrogens is 316 g/mol. The van der Waals surface area contributed by atoms with E-state index in [1.807, 2.05) is 41.2 Å². The molecule has 2 aliphatic rings. The lowest BCUT2D eigenvalue weighted by atomic mass is 9.87. The lowest BCUT2D eigenvalue weighted by molar-refractivity contribution is -0.150. The maximum atomic E-state index is 12.4. The number of carbonyl (C=O) groups excluding carboxylic acids is 1. The van der Waals surface area contributed by atoms with Crippen LogP contribution in [-0.2, 0) is 33.7 Å². The summed E-state index contributed by atoms with van der Waals surface area (Å²) in [5.41, 5.74) is 3.43. The van der Waals surface area contributed by atoms with Crippen molar-refractivity contribution < 1.29 is 14.3 Å². The van der Waals surface area contributed by atoms with Crippen molar-refractivity contribution in [3.05, 3.63) is 53.3 Å². The van der Waals surface area contributed by atoms with Crippen molar-refractivity contribution in [2.45, 2.75) is 51.4 Å². The molecule has 1 fully saturated rings. The average molecular weight is 340 g/mol. The van der Waals surface area contributed by atoms with Gasteiger partial charge in [-0.3, -0.25) is 4.79 Å². The van der Waals surface area contributed by atoms with Gasteiger partial charge in [0.25, 0.3) is 0 Å². The first-order valence-corrected chi connectivity index (χ1v) is 9.18. The molecule has 0 saturated carbocycles. The second-order valence-electron chi connectivity index (χ2n) is 6.92. The number of hydrogen-bond acceptors (Lipinski definition) is 4. The summed E-state index contributed by atoms with van der Waals surface area (Å²) in [4.78, 5) is 12.4. The van der Waals surface area contributed by atoms with Gasteiger partial charge in [-0.2, -0.15) is 5.10 Å². The van der Waals surface area contributed by atoms with Crippen LogP contribution in [0.5, 0.6) is 0 Å². The first kappa shape index (κ1) is 16.3. The van der Waals surface area contributed by atoms with Gasteiger partial charge in [0.1, 0.15) is 12.8 Å². The molecule has 0 N–H and O–H groups in total. The van der Waals surface area contributed by atoms with Crippen LogP contribution in [0.1, 0.15) is 48.7 Å².